The van der Waals surface area contributed by atoms with Gasteiger partial charge in [0.15, 0.2) is 0 Å². The molecular weight excluding hydrogens is 551 g/mol. The smallest absolute Gasteiger partial charge is 0.0418 e. The van der Waals surface area contributed by atoms with Gasteiger partial charge in [0, 0.05) is 10.0 Å². The van der Waals surface area contributed by atoms with Crippen LogP contribution in [0, 0.1) is 27.7 Å². The lowest BCUT2D eigenvalue weighted by molar-refractivity contribution is 1.43. The maximum absolute atomic E-state index is 6.75. The van der Waals surface area contributed by atoms with E-state index in [-0.39, 0.29) is 0 Å². The van der Waals surface area contributed by atoms with Crippen molar-refractivity contribution in [1.82, 2.24) is 0 Å². The van der Waals surface area contributed by atoms with Crippen LogP contribution < -0.4 is 0 Å². The molecule has 0 saturated heterocycles. The third-order valence-electron chi connectivity index (χ3n) is 7.65. The van der Waals surface area contributed by atoms with Gasteiger partial charge in [-0.1, -0.05) is 107 Å². The molecule has 0 N–H and O–H groups in total. The van der Waals surface area contributed by atoms with Gasteiger partial charge in [-0.05, 0) is 143 Å². The van der Waals surface area contributed by atoms with Gasteiger partial charge in [-0.2, -0.15) is 0 Å². The molecule has 0 amide bonds. The highest BCUT2D eigenvalue weighted by Crippen LogP contribution is 2.37. The summed E-state index contributed by atoms with van der Waals surface area (Å²) in [6.45, 7) is 8.54. The largest absolute Gasteiger partial charge is 0.0843 e. The van der Waals surface area contributed by atoms with Gasteiger partial charge in [-0.25, -0.2) is 0 Å². The van der Waals surface area contributed by atoms with Gasteiger partial charge >= 0.3 is 0 Å². The predicted octanol–water partition coefficient (Wildman–Crippen LogP) is 12.6. The summed E-state index contributed by atoms with van der Waals surface area (Å²) in [5.41, 5.74) is 16.2. The minimum atomic E-state index is 0.694. The molecule has 6 aromatic rings. The second kappa shape index (κ2) is 11.6. The van der Waals surface area contributed by atoms with Gasteiger partial charge in [0.2, 0.25) is 0 Å². The highest BCUT2D eigenvalue weighted by molar-refractivity contribution is 6.32. The SMILES string of the molecule is Cc1cccc(-c2cc(C)cc(-c3cc(Cl)cc(-c4cc(Cl)cc(-c5cc(C)cc(-c6cccc(C)c6)c5)c4)c3)c2)c1. The maximum atomic E-state index is 6.75. The second-order valence-electron chi connectivity index (χ2n) is 11.4. The van der Waals surface area contributed by atoms with Gasteiger partial charge in [-0.15, -0.1) is 0 Å². The average Bonchev–Trinajstić information content (AvgIpc) is 2.96. The van der Waals surface area contributed by atoms with Crippen molar-refractivity contribution in [3.8, 4) is 55.6 Å². The van der Waals surface area contributed by atoms with Crippen molar-refractivity contribution in [3.05, 3.63) is 154 Å². The fourth-order valence-electron chi connectivity index (χ4n) is 5.73. The van der Waals surface area contributed by atoms with Crippen molar-refractivity contribution in [1.29, 1.82) is 0 Å². The minimum absolute atomic E-state index is 0.694. The quantitative estimate of drug-likeness (QED) is 0.189. The summed E-state index contributed by atoms with van der Waals surface area (Å²) in [6, 6.07) is 43.2. The summed E-state index contributed by atoms with van der Waals surface area (Å²) >= 11 is 13.5. The van der Waals surface area contributed by atoms with Crippen LogP contribution in [0.4, 0.5) is 0 Å². The molecule has 0 radical (unpaired) electrons. The first-order valence-corrected chi connectivity index (χ1v) is 15.0. The van der Waals surface area contributed by atoms with Crippen LogP contribution in [-0.4, -0.2) is 0 Å². The van der Waals surface area contributed by atoms with E-state index in [1.54, 1.807) is 0 Å². The third-order valence-corrected chi connectivity index (χ3v) is 8.09. The molecule has 0 aromatic heterocycles. The van der Waals surface area contributed by atoms with Crippen molar-refractivity contribution in [2.45, 2.75) is 27.7 Å². The number of hydrogen-bond donors (Lipinski definition) is 0. The van der Waals surface area contributed by atoms with Crippen LogP contribution >= 0.6 is 23.2 Å². The van der Waals surface area contributed by atoms with Crippen molar-refractivity contribution in [3.63, 3.8) is 0 Å². The Kier molecular flexibility index (Phi) is 7.78. The Labute approximate surface area is 259 Å². The Bertz CT molecular complexity index is 1800. The number of rotatable bonds is 5. The number of hydrogen-bond acceptors (Lipinski definition) is 0. The van der Waals surface area contributed by atoms with E-state index in [0.29, 0.717) is 10.0 Å². The molecule has 0 fully saturated rings. The van der Waals surface area contributed by atoms with Crippen LogP contribution in [0.1, 0.15) is 22.3 Å². The van der Waals surface area contributed by atoms with Gasteiger partial charge in [0.1, 0.15) is 0 Å². The molecule has 0 spiro atoms. The summed E-state index contributed by atoms with van der Waals surface area (Å²) in [6.07, 6.45) is 0. The maximum Gasteiger partial charge on any atom is 0.0418 e. The van der Waals surface area contributed by atoms with Crippen LogP contribution in [0.5, 0.6) is 0 Å². The van der Waals surface area contributed by atoms with Crippen LogP contribution in [0.3, 0.4) is 0 Å². The Morgan fingerprint density at radius 1 is 0.286 bits per heavy atom. The molecule has 0 atom stereocenters. The zero-order valence-corrected chi connectivity index (χ0v) is 25.8. The first-order chi connectivity index (χ1) is 20.2. The van der Waals surface area contributed by atoms with E-state index in [4.69, 9.17) is 23.2 Å². The van der Waals surface area contributed by atoms with Gasteiger partial charge in [0.25, 0.3) is 0 Å². The lowest BCUT2D eigenvalue weighted by Gasteiger charge is -2.13. The molecule has 6 aromatic carbocycles. The average molecular weight is 584 g/mol. The molecule has 0 heterocycles. The van der Waals surface area contributed by atoms with Crippen LogP contribution in [-0.2, 0) is 0 Å². The van der Waals surface area contributed by atoms with Gasteiger partial charge in [0.05, 0.1) is 0 Å². The summed E-state index contributed by atoms with van der Waals surface area (Å²) in [5, 5.41) is 1.39. The number of halogens is 2. The molecule has 0 nitrogen and oxygen atoms in total. The van der Waals surface area contributed by atoms with E-state index < -0.39 is 0 Å². The molecular formula is C40H32Cl2. The molecule has 206 valence electrons. The molecule has 0 aliphatic rings. The zero-order valence-electron chi connectivity index (χ0n) is 24.3. The van der Waals surface area contributed by atoms with E-state index in [9.17, 15) is 0 Å². The van der Waals surface area contributed by atoms with Crippen molar-refractivity contribution < 1.29 is 0 Å². The first kappa shape index (κ1) is 28.0. The van der Waals surface area contributed by atoms with Gasteiger partial charge in [-0.3, -0.25) is 0 Å². The lowest BCUT2D eigenvalue weighted by Crippen LogP contribution is -1.89. The highest BCUT2D eigenvalue weighted by atomic mass is 35.5. The molecule has 0 saturated carbocycles. The molecule has 0 unspecified atom stereocenters. The second-order valence-corrected chi connectivity index (χ2v) is 12.2. The third kappa shape index (κ3) is 6.21. The molecule has 42 heavy (non-hydrogen) atoms. The van der Waals surface area contributed by atoms with E-state index >= 15 is 0 Å². The van der Waals surface area contributed by atoms with E-state index in [1.165, 1.54) is 44.5 Å². The summed E-state index contributed by atoms with van der Waals surface area (Å²) in [5.74, 6) is 0. The van der Waals surface area contributed by atoms with Crippen LogP contribution in [0.2, 0.25) is 10.0 Å². The molecule has 6 rings (SSSR count). The number of benzene rings is 6. The lowest BCUT2D eigenvalue weighted by atomic mass is 9.92. The highest BCUT2D eigenvalue weighted by Gasteiger charge is 2.11. The Morgan fingerprint density at radius 3 is 0.857 bits per heavy atom. The van der Waals surface area contributed by atoms with Crippen LogP contribution in [0.25, 0.3) is 55.6 Å². The monoisotopic (exact) mass is 582 g/mol. The summed E-state index contributed by atoms with van der Waals surface area (Å²) in [4.78, 5) is 0. The standard InChI is InChI=1S/C40H32Cl2/c1-25-7-5-9-29(11-25)31-13-27(3)15-33(17-31)35-19-37(23-39(41)21-35)38-20-36(22-40(42)24-38)34-16-28(4)14-32(18-34)30-10-6-8-26(2)12-30/h5-24H,1-4H3. The Morgan fingerprint density at radius 2 is 0.548 bits per heavy atom. The van der Waals surface area contributed by atoms with Gasteiger partial charge < -0.3 is 0 Å². The van der Waals surface area contributed by atoms with E-state index in [2.05, 4.69) is 125 Å². The fourth-order valence-corrected chi connectivity index (χ4v) is 6.20. The normalized spacial score (nSPS) is 11.1. The topological polar surface area (TPSA) is 0 Å². The Hall–Kier alpha value is -4.10. The Balaban J connectivity index is 1.42. The molecule has 0 aliphatic carbocycles. The summed E-state index contributed by atoms with van der Waals surface area (Å²) in [7, 11) is 0. The molecule has 2 heteroatoms. The zero-order chi connectivity index (χ0) is 29.4. The first-order valence-electron chi connectivity index (χ1n) is 14.2. The molecule has 0 aliphatic heterocycles. The van der Waals surface area contributed by atoms with E-state index in [1.807, 2.05) is 24.3 Å². The fraction of sp³-hybridized carbons (Fsp3) is 0.100. The van der Waals surface area contributed by atoms with Crippen molar-refractivity contribution >= 4 is 23.2 Å². The predicted molar refractivity (Wildman–Crippen MR) is 183 cm³/mol. The minimum Gasteiger partial charge on any atom is -0.0843 e. The van der Waals surface area contributed by atoms with Crippen molar-refractivity contribution in [2.75, 3.05) is 0 Å². The van der Waals surface area contributed by atoms with Crippen molar-refractivity contribution in [2.24, 2.45) is 0 Å². The summed E-state index contributed by atoms with van der Waals surface area (Å²) < 4.78 is 0. The molecule has 0 bridgehead atoms. The number of aryl methyl sites for hydroxylation is 4. The van der Waals surface area contributed by atoms with Crippen LogP contribution in [0.15, 0.2) is 121 Å². The van der Waals surface area contributed by atoms with E-state index in [0.717, 1.165) is 33.4 Å².